The number of thiazole rings is 1. The summed E-state index contributed by atoms with van der Waals surface area (Å²) in [5.74, 6) is 2.10. The lowest BCUT2D eigenvalue weighted by atomic mass is 10.1. The molecule has 6 heteroatoms. The van der Waals surface area contributed by atoms with Gasteiger partial charge in [0.2, 0.25) is 0 Å². The highest BCUT2D eigenvalue weighted by molar-refractivity contribution is 7.15. The summed E-state index contributed by atoms with van der Waals surface area (Å²) in [5, 5.41) is 9.73. The number of Topliss-reactive ketones (excluding diaryl/α,β-unsaturated/α-hetero) is 1. The summed E-state index contributed by atoms with van der Waals surface area (Å²) in [4.78, 5) is 29.1. The predicted molar refractivity (Wildman–Crippen MR) is 129 cm³/mol. The Labute approximate surface area is 193 Å². The van der Waals surface area contributed by atoms with E-state index < -0.39 is 12.6 Å². The van der Waals surface area contributed by atoms with Gasteiger partial charge >= 0.3 is 5.97 Å². The van der Waals surface area contributed by atoms with Crippen LogP contribution in [0.15, 0.2) is 48.3 Å². The number of aromatic nitrogens is 1. The number of nitrogens with zero attached hydrogens (tertiary/aromatic N) is 1. The van der Waals surface area contributed by atoms with Crippen LogP contribution < -0.4 is 0 Å². The molecule has 1 aromatic carbocycles. The number of allylic oxidation sites excluding steroid dienone is 3. The van der Waals surface area contributed by atoms with Gasteiger partial charge in [-0.2, -0.15) is 0 Å². The molecule has 0 aliphatic rings. The van der Waals surface area contributed by atoms with Crippen molar-refractivity contribution in [3.63, 3.8) is 0 Å². The Hall–Kier alpha value is -3.17. The summed E-state index contributed by atoms with van der Waals surface area (Å²) in [5.41, 5.74) is 3.35. The van der Waals surface area contributed by atoms with Crippen LogP contribution >= 0.6 is 11.3 Å². The van der Waals surface area contributed by atoms with Gasteiger partial charge in [0.25, 0.3) is 0 Å². The molecule has 0 atom stereocenters. The Morgan fingerprint density at radius 2 is 2.00 bits per heavy atom. The monoisotopic (exact) mass is 451 g/mol. The van der Waals surface area contributed by atoms with Crippen LogP contribution in [0, 0.1) is 19.3 Å². The van der Waals surface area contributed by atoms with Crippen LogP contribution in [0.4, 0.5) is 0 Å². The van der Waals surface area contributed by atoms with E-state index in [4.69, 9.17) is 21.3 Å². The third-order valence-electron chi connectivity index (χ3n) is 4.61. The fourth-order valence-corrected chi connectivity index (χ4v) is 4.18. The van der Waals surface area contributed by atoms with Crippen LogP contribution in [0.25, 0.3) is 10.6 Å². The first-order chi connectivity index (χ1) is 15.3. The van der Waals surface area contributed by atoms with Gasteiger partial charge in [-0.1, -0.05) is 49.8 Å². The largest absolute Gasteiger partial charge is 0.482 e. The molecule has 0 aliphatic carbocycles. The topological polar surface area (TPSA) is 76.5 Å². The number of ether oxygens (including phenoxy) is 1. The fourth-order valence-electron chi connectivity index (χ4n) is 2.95. The first-order valence-corrected chi connectivity index (χ1v) is 11.3. The van der Waals surface area contributed by atoms with Gasteiger partial charge in [0, 0.05) is 29.7 Å². The van der Waals surface area contributed by atoms with Crippen molar-refractivity contribution >= 4 is 23.1 Å². The van der Waals surface area contributed by atoms with Crippen LogP contribution in [0.3, 0.4) is 0 Å². The zero-order valence-corrected chi connectivity index (χ0v) is 19.6. The predicted octanol–water partition coefficient (Wildman–Crippen LogP) is 5.70. The number of carboxylic acids is 1. The number of terminal acetylenes is 1. The Balaban J connectivity index is 1.99. The van der Waals surface area contributed by atoms with Crippen LogP contribution in [0.2, 0.25) is 0 Å². The fraction of sp³-hybridized carbons (Fsp3) is 0.346. The lowest BCUT2D eigenvalue weighted by Crippen LogP contribution is -2.06. The van der Waals surface area contributed by atoms with Gasteiger partial charge in [0.15, 0.2) is 6.61 Å². The van der Waals surface area contributed by atoms with Crippen LogP contribution in [-0.2, 0) is 20.7 Å². The number of carbonyl (C=O) groups excluding carboxylic acids is 1. The smallest absolute Gasteiger partial charge is 0.341 e. The third-order valence-corrected chi connectivity index (χ3v) is 5.79. The maximum Gasteiger partial charge on any atom is 0.341 e. The maximum atomic E-state index is 12.4. The summed E-state index contributed by atoms with van der Waals surface area (Å²) >= 11 is 1.65. The van der Waals surface area contributed by atoms with E-state index >= 15 is 0 Å². The van der Waals surface area contributed by atoms with Gasteiger partial charge in [-0.25, -0.2) is 9.78 Å². The van der Waals surface area contributed by atoms with Crippen molar-refractivity contribution in [3.05, 3.63) is 64.4 Å². The minimum absolute atomic E-state index is 0.0933. The number of rotatable bonds is 12. The summed E-state index contributed by atoms with van der Waals surface area (Å²) in [6, 6.07) is 8.31. The number of aliphatic carboxylic acids is 1. The van der Waals surface area contributed by atoms with Gasteiger partial charge in [0.05, 0.1) is 5.69 Å². The van der Waals surface area contributed by atoms with Crippen molar-refractivity contribution < 1.29 is 19.4 Å². The Morgan fingerprint density at radius 1 is 1.28 bits per heavy atom. The molecule has 0 bridgehead atoms. The van der Waals surface area contributed by atoms with E-state index in [0.29, 0.717) is 25.0 Å². The molecule has 1 N–H and O–H groups in total. The van der Waals surface area contributed by atoms with E-state index in [1.54, 1.807) is 29.6 Å². The van der Waals surface area contributed by atoms with E-state index in [1.165, 1.54) is 5.56 Å². The molecular formula is C26H29NO4S. The average molecular weight is 452 g/mol. The van der Waals surface area contributed by atoms with Crippen molar-refractivity contribution in [3.8, 4) is 22.9 Å². The second kappa shape index (κ2) is 12.6. The Kier molecular flexibility index (Phi) is 9.90. The van der Waals surface area contributed by atoms with Crippen molar-refractivity contribution in [2.45, 2.75) is 52.4 Å². The van der Waals surface area contributed by atoms with Crippen LogP contribution in [0.5, 0.6) is 0 Å². The molecule has 2 rings (SSSR count). The van der Waals surface area contributed by atoms with E-state index in [0.717, 1.165) is 21.1 Å². The number of aryl methyl sites for hydroxylation is 2. The second-order valence-corrected chi connectivity index (χ2v) is 8.77. The average Bonchev–Trinajstić information content (AvgIpc) is 3.19. The summed E-state index contributed by atoms with van der Waals surface area (Å²) in [6.45, 7) is 5.83. The first-order valence-electron chi connectivity index (χ1n) is 10.5. The standard InChI is InChI=1S/C26H29NO4S/c1-5-6-9-22(31-17-24(29)30)10-7-8-21(28)15-16-23-25(18(2)3)27-26(32-23)20-13-11-19(4)12-14-20/h1,7,9-14,18H,6,8,15-17H2,2-4H3,(H,29,30)/b10-7-,22-9+. The number of carboxylic acid groups (broad SMARTS) is 1. The molecule has 0 saturated heterocycles. The molecule has 0 fully saturated rings. The molecule has 5 nitrogen and oxygen atoms in total. The van der Waals surface area contributed by atoms with E-state index in [1.807, 2.05) is 0 Å². The molecule has 0 radical (unpaired) electrons. The zero-order valence-electron chi connectivity index (χ0n) is 18.8. The highest BCUT2D eigenvalue weighted by atomic mass is 32.1. The number of benzene rings is 1. The van der Waals surface area contributed by atoms with Gasteiger partial charge in [0.1, 0.15) is 16.6 Å². The molecular weight excluding hydrogens is 422 g/mol. The highest BCUT2D eigenvalue weighted by Gasteiger charge is 2.16. The second-order valence-electron chi connectivity index (χ2n) is 7.69. The number of hydrogen-bond acceptors (Lipinski definition) is 5. The molecule has 0 unspecified atom stereocenters. The van der Waals surface area contributed by atoms with E-state index in [2.05, 4.69) is 51.0 Å². The van der Waals surface area contributed by atoms with Crippen molar-refractivity contribution in [1.29, 1.82) is 0 Å². The molecule has 32 heavy (non-hydrogen) atoms. The lowest BCUT2D eigenvalue weighted by Gasteiger charge is -2.05. The maximum absolute atomic E-state index is 12.4. The minimum Gasteiger partial charge on any atom is -0.482 e. The summed E-state index contributed by atoms with van der Waals surface area (Å²) in [6.07, 6.45) is 11.8. The first kappa shape index (κ1) is 25.1. The van der Waals surface area contributed by atoms with Crippen LogP contribution in [-0.4, -0.2) is 28.4 Å². The molecule has 0 spiro atoms. The molecule has 168 valence electrons. The van der Waals surface area contributed by atoms with E-state index in [9.17, 15) is 9.59 Å². The van der Waals surface area contributed by atoms with Gasteiger partial charge in [-0.15, -0.1) is 23.7 Å². The summed E-state index contributed by atoms with van der Waals surface area (Å²) in [7, 11) is 0. The van der Waals surface area contributed by atoms with Crippen LogP contribution in [0.1, 0.15) is 55.2 Å². The SMILES string of the molecule is C#CC/C=C(\C=C/CC(=O)CCc1sc(-c2ccc(C)cc2)nc1C(C)C)OCC(=O)O. The lowest BCUT2D eigenvalue weighted by molar-refractivity contribution is -0.140. The minimum atomic E-state index is -1.07. The zero-order chi connectivity index (χ0) is 23.5. The Morgan fingerprint density at radius 3 is 2.62 bits per heavy atom. The van der Waals surface area contributed by atoms with Crippen molar-refractivity contribution in [1.82, 2.24) is 4.98 Å². The Bertz CT molecular complexity index is 1020. The molecule has 0 aliphatic heterocycles. The number of hydrogen-bond donors (Lipinski definition) is 1. The molecule has 1 aromatic heterocycles. The van der Waals surface area contributed by atoms with Gasteiger partial charge < -0.3 is 9.84 Å². The van der Waals surface area contributed by atoms with Gasteiger partial charge in [-0.05, 0) is 31.4 Å². The van der Waals surface area contributed by atoms with Gasteiger partial charge in [-0.3, -0.25) is 4.79 Å². The molecule has 0 saturated carbocycles. The molecule has 2 aromatic rings. The van der Waals surface area contributed by atoms with Crippen molar-refractivity contribution in [2.75, 3.05) is 6.61 Å². The number of ketones is 1. The normalized spacial score (nSPS) is 11.7. The third kappa shape index (κ3) is 8.16. The molecule has 0 amide bonds. The number of carbonyl (C=O) groups is 2. The van der Waals surface area contributed by atoms with Crippen molar-refractivity contribution in [2.24, 2.45) is 0 Å². The van der Waals surface area contributed by atoms with E-state index in [-0.39, 0.29) is 18.1 Å². The quantitative estimate of drug-likeness (QED) is 0.255. The highest BCUT2D eigenvalue weighted by Crippen LogP contribution is 2.32. The molecule has 1 heterocycles. The summed E-state index contributed by atoms with van der Waals surface area (Å²) < 4.78 is 5.17.